The van der Waals surface area contributed by atoms with Gasteiger partial charge in [0.05, 0.1) is 23.6 Å². The van der Waals surface area contributed by atoms with Gasteiger partial charge in [0.15, 0.2) is 11.6 Å². The number of hydrogen-bond donors (Lipinski definition) is 2. The molecular weight excluding hydrogens is 562 g/mol. The maximum atomic E-state index is 14.6. The van der Waals surface area contributed by atoms with Crippen molar-refractivity contribution in [3.63, 3.8) is 0 Å². The summed E-state index contributed by atoms with van der Waals surface area (Å²) in [6, 6.07) is 6.03. The summed E-state index contributed by atoms with van der Waals surface area (Å²) >= 11 is 0. The number of rotatable bonds is 5. The summed E-state index contributed by atoms with van der Waals surface area (Å²) in [5, 5.41) is 10.3. The summed E-state index contributed by atoms with van der Waals surface area (Å²) < 4.78 is 61.5. The number of nitrogens with zero attached hydrogens (tertiary/aromatic N) is 7. The lowest BCUT2D eigenvalue weighted by Gasteiger charge is -2.34. The van der Waals surface area contributed by atoms with Crippen LogP contribution in [-0.2, 0) is 24.1 Å². The Hall–Kier alpha value is -4.76. The molecule has 2 aliphatic rings. The minimum absolute atomic E-state index is 0.00698. The molecule has 0 spiro atoms. The SMILES string of the molecule is NC(=O)Oc1cn(-c2ccnc(NC3CCC(C(=O)N4CCn5c(nnc5C(F)(F)F)C4)CC3)n2)c2cccc(F)c12. The van der Waals surface area contributed by atoms with Crippen molar-refractivity contribution in [2.24, 2.45) is 11.7 Å². The second kappa shape index (κ2) is 10.6. The standard InChI is InChI=1S/C26H25F4N9O3/c27-16-2-1-3-17-21(16)18(42-24(31)41)12-39(17)19-8-9-32-25(34-19)33-15-6-4-14(5-7-15)22(40)37-10-11-38-20(13-37)35-36-23(38)26(28,29)30/h1-3,8-9,12,14-15H,4-7,10-11,13H2,(H2,31,41)(H,32,33,34). The van der Waals surface area contributed by atoms with Gasteiger partial charge < -0.3 is 25.3 Å². The van der Waals surface area contributed by atoms with Crippen LogP contribution in [0.25, 0.3) is 16.7 Å². The predicted octanol–water partition coefficient (Wildman–Crippen LogP) is 3.64. The van der Waals surface area contributed by atoms with Gasteiger partial charge in [0.2, 0.25) is 17.7 Å². The van der Waals surface area contributed by atoms with E-state index in [0.29, 0.717) is 43.0 Å². The molecule has 0 radical (unpaired) electrons. The fourth-order valence-electron chi connectivity index (χ4n) is 5.62. The van der Waals surface area contributed by atoms with Gasteiger partial charge in [-0.3, -0.25) is 9.36 Å². The number of primary amides is 1. The lowest BCUT2D eigenvalue weighted by Crippen LogP contribution is -2.43. The predicted molar refractivity (Wildman–Crippen MR) is 139 cm³/mol. The quantitative estimate of drug-likeness (QED) is 0.337. The molecule has 1 fully saturated rings. The van der Waals surface area contributed by atoms with E-state index in [0.717, 1.165) is 4.57 Å². The fourth-order valence-corrected chi connectivity index (χ4v) is 5.62. The van der Waals surface area contributed by atoms with Crippen LogP contribution in [0.1, 0.15) is 37.3 Å². The lowest BCUT2D eigenvalue weighted by molar-refractivity contribution is -0.148. The van der Waals surface area contributed by atoms with Crippen LogP contribution in [0.2, 0.25) is 0 Å². The minimum Gasteiger partial charge on any atom is -0.408 e. The number of nitrogens with two attached hydrogens (primary N) is 1. The van der Waals surface area contributed by atoms with Crippen LogP contribution in [0.15, 0.2) is 36.7 Å². The molecule has 1 aliphatic heterocycles. The van der Waals surface area contributed by atoms with E-state index >= 15 is 0 Å². The summed E-state index contributed by atoms with van der Waals surface area (Å²) in [4.78, 5) is 34.9. The van der Waals surface area contributed by atoms with Gasteiger partial charge >= 0.3 is 12.3 Å². The number of amides is 2. The largest absolute Gasteiger partial charge is 0.451 e. The van der Waals surface area contributed by atoms with Crippen molar-refractivity contribution in [2.45, 2.75) is 51.0 Å². The zero-order chi connectivity index (χ0) is 29.6. The molecule has 16 heteroatoms. The van der Waals surface area contributed by atoms with Crippen LogP contribution in [-0.4, -0.2) is 58.8 Å². The summed E-state index contributed by atoms with van der Waals surface area (Å²) in [5.74, 6) is -1.17. The van der Waals surface area contributed by atoms with E-state index in [9.17, 15) is 27.2 Å². The maximum absolute atomic E-state index is 14.6. The number of hydrogen-bond acceptors (Lipinski definition) is 8. The van der Waals surface area contributed by atoms with Crippen molar-refractivity contribution in [1.82, 2.24) is 34.2 Å². The van der Waals surface area contributed by atoms with Crippen LogP contribution < -0.4 is 15.8 Å². The van der Waals surface area contributed by atoms with Crippen molar-refractivity contribution in [2.75, 3.05) is 11.9 Å². The molecule has 0 unspecified atom stereocenters. The minimum atomic E-state index is -4.60. The monoisotopic (exact) mass is 587 g/mol. The Morgan fingerprint density at radius 2 is 1.86 bits per heavy atom. The van der Waals surface area contributed by atoms with E-state index in [1.165, 1.54) is 18.3 Å². The van der Waals surface area contributed by atoms with Gasteiger partial charge in [0.1, 0.15) is 11.6 Å². The first kappa shape index (κ1) is 27.4. The number of fused-ring (bicyclic) bond motifs is 2. The van der Waals surface area contributed by atoms with Crippen LogP contribution >= 0.6 is 0 Å². The molecule has 2 amide bonds. The number of halogens is 4. The van der Waals surface area contributed by atoms with Gasteiger partial charge in [0.25, 0.3) is 0 Å². The van der Waals surface area contributed by atoms with E-state index in [2.05, 4.69) is 25.5 Å². The Kier molecular flexibility index (Phi) is 6.90. The Morgan fingerprint density at radius 1 is 1.07 bits per heavy atom. The normalized spacial score (nSPS) is 19.0. The zero-order valence-electron chi connectivity index (χ0n) is 22.0. The first-order valence-electron chi connectivity index (χ1n) is 13.2. The highest BCUT2D eigenvalue weighted by Gasteiger charge is 2.40. The molecule has 1 aliphatic carbocycles. The third kappa shape index (κ3) is 5.19. The van der Waals surface area contributed by atoms with Gasteiger partial charge in [-0.1, -0.05) is 6.07 Å². The number of carbonyl (C=O) groups excluding carboxylic acids is 2. The number of carbonyl (C=O) groups is 2. The van der Waals surface area contributed by atoms with E-state index in [1.54, 1.807) is 27.8 Å². The molecule has 0 atom stereocenters. The van der Waals surface area contributed by atoms with Crippen molar-refractivity contribution >= 4 is 28.9 Å². The summed E-state index contributed by atoms with van der Waals surface area (Å²) in [5.41, 5.74) is 5.57. The smallest absolute Gasteiger partial charge is 0.408 e. The molecule has 0 saturated heterocycles. The highest BCUT2D eigenvalue weighted by atomic mass is 19.4. The highest BCUT2D eigenvalue weighted by Crippen LogP contribution is 2.34. The summed E-state index contributed by atoms with van der Waals surface area (Å²) in [6.45, 7) is 0.147. The van der Waals surface area contributed by atoms with E-state index in [-0.39, 0.29) is 54.5 Å². The molecule has 4 heterocycles. The molecule has 42 heavy (non-hydrogen) atoms. The molecule has 3 N–H and O–H groups in total. The van der Waals surface area contributed by atoms with Crippen molar-refractivity contribution in [3.8, 4) is 11.6 Å². The van der Waals surface area contributed by atoms with Gasteiger partial charge in [-0.15, -0.1) is 10.2 Å². The topological polar surface area (TPSA) is 146 Å². The van der Waals surface area contributed by atoms with Gasteiger partial charge in [-0.05, 0) is 43.9 Å². The van der Waals surface area contributed by atoms with Crippen LogP contribution in [0, 0.1) is 11.7 Å². The Morgan fingerprint density at radius 3 is 2.60 bits per heavy atom. The second-order valence-electron chi connectivity index (χ2n) is 10.2. The van der Waals surface area contributed by atoms with Gasteiger partial charge in [0, 0.05) is 31.2 Å². The number of aromatic nitrogens is 6. The van der Waals surface area contributed by atoms with E-state index in [4.69, 9.17) is 10.5 Å². The molecular formula is C26H25F4N9O3. The molecule has 3 aromatic heterocycles. The average molecular weight is 588 g/mol. The molecule has 12 nitrogen and oxygen atoms in total. The number of alkyl halides is 3. The number of nitrogens with one attached hydrogen (secondary N) is 1. The second-order valence-corrected chi connectivity index (χ2v) is 10.2. The molecule has 1 aromatic carbocycles. The summed E-state index contributed by atoms with van der Waals surface area (Å²) in [6.07, 6.45) is -0.225. The van der Waals surface area contributed by atoms with E-state index < -0.39 is 23.9 Å². The van der Waals surface area contributed by atoms with Gasteiger partial charge in [-0.25, -0.2) is 14.2 Å². The Labute approximate surface area is 235 Å². The average Bonchev–Trinajstić information content (AvgIpc) is 3.55. The molecule has 4 aromatic rings. The zero-order valence-corrected chi connectivity index (χ0v) is 22.0. The van der Waals surface area contributed by atoms with Crippen LogP contribution in [0.3, 0.4) is 0 Å². The Balaban J connectivity index is 1.10. The van der Waals surface area contributed by atoms with Crippen molar-refractivity contribution in [3.05, 3.63) is 54.1 Å². The van der Waals surface area contributed by atoms with E-state index in [1.807, 2.05) is 0 Å². The first-order valence-corrected chi connectivity index (χ1v) is 13.2. The lowest BCUT2D eigenvalue weighted by atomic mass is 9.85. The first-order chi connectivity index (χ1) is 20.1. The number of anilines is 1. The van der Waals surface area contributed by atoms with Crippen molar-refractivity contribution < 1.29 is 31.9 Å². The van der Waals surface area contributed by atoms with Crippen LogP contribution in [0.4, 0.5) is 28.3 Å². The fraction of sp³-hybridized carbons (Fsp3) is 0.385. The third-order valence-corrected chi connectivity index (χ3v) is 7.57. The molecule has 1 saturated carbocycles. The maximum Gasteiger partial charge on any atom is 0.451 e. The molecule has 6 rings (SSSR count). The number of benzene rings is 1. The van der Waals surface area contributed by atoms with Crippen molar-refractivity contribution in [1.29, 1.82) is 0 Å². The Bertz CT molecular complexity index is 1660. The highest BCUT2D eigenvalue weighted by molar-refractivity contribution is 5.90. The number of ether oxygens (including phenoxy) is 1. The van der Waals surface area contributed by atoms with Gasteiger partial charge in [-0.2, -0.15) is 18.2 Å². The summed E-state index contributed by atoms with van der Waals surface area (Å²) in [7, 11) is 0. The molecule has 0 bridgehead atoms. The van der Waals surface area contributed by atoms with Crippen LogP contribution in [0.5, 0.6) is 5.75 Å². The third-order valence-electron chi connectivity index (χ3n) is 7.57. The molecule has 220 valence electrons.